The third-order valence-corrected chi connectivity index (χ3v) is 6.40. The van der Waals surface area contributed by atoms with Crippen LogP contribution in [0.1, 0.15) is 24.8 Å². The first kappa shape index (κ1) is 25.9. The molecule has 0 aromatic heterocycles. The Morgan fingerprint density at radius 3 is 2.31 bits per heavy atom. The molecule has 9 nitrogen and oxygen atoms in total. The number of hydrogen-bond donors (Lipinski definition) is 6. The highest BCUT2D eigenvalue weighted by Crippen LogP contribution is 2.27. The van der Waals surface area contributed by atoms with Gasteiger partial charge >= 0.3 is 0 Å². The van der Waals surface area contributed by atoms with Gasteiger partial charge in [-0.15, -0.1) is 0 Å². The molecule has 1 amide bonds. The highest BCUT2D eigenvalue weighted by atomic mass is 32.2. The van der Waals surface area contributed by atoms with Gasteiger partial charge in [0, 0.05) is 22.5 Å². The van der Waals surface area contributed by atoms with Gasteiger partial charge in [-0.1, -0.05) is 42.5 Å². The van der Waals surface area contributed by atoms with Crippen LogP contribution >= 0.6 is 0 Å². The zero-order chi connectivity index (χ0) is 25.4. The second-order valence-corrected chi connectivity index (χ2v) is 9.61. The Bertz CT molecular complexity index is 1290. The van der Waals surface area contributed by atoms with E-state index >= 15 is 0 Å². The van der Waals surface area contributed by atoms with Crippen molar-refractivity contribution in [2.24, 2.45) is 16.6 Å². The minimum absolute atomic E-state index is 0.0359. The van der Waals surface area contributed by atoms with Gasteiger partial charge in [-0.2, -0.15) is 0 Å². The van der Waals surface area contributed by atoms with Crippen molar-refractivity contribution in [1.82, 2.24) is 0 Å². The lowest BCUT2D eigenvalue weighted by molar-refractivity contribution is -0.117. The summed E-state index contributed by atoms with van der Waals surface area (Å²) >= 11 is 0. The number of rotatable bonds is 11. The quantitative estimate of drug-likeness (QED) is 0.136. The number of amides is 1. The van der Waals surface area contributed by atoms with Gasteiger partial charge in [0.15, 0.2) is 0 Å². The van der Waals surface area contributed by atoms with E-state index in [9.17, 15) is 13.2 Å². The molecule has 0 aliphatic carbocycles. The maximum Gasteiger partial charge on any atom is 0.246 e. The molecule has 0 radical (unpaired) electrons. The number of carbonyl (C=O) groups excluding carboxylic acids is 1. The van der Waals surface area contributed by atoms with Gasteiger partial charge in [0.2, 0.25) is 15.9 Å². The Morgan fingerprint density at radius 2 is 1.66 bits per heavy atom. The molecule has 9 N–H and O–H groups in total. The normalized spacial score (nSPS) is 12.1. The molecule has 0 heterocycles. The molecular weight excluding hydrogens is 464 g/mol. The average molecular weight is 495 g/mol. The molecule has 0 fully saturated rings. The van der Waals surface area contributed by atoms with Crippen LogP contribution in [0.15, 0.2) is 77.7 Å². The number of carbonyl (C=O) groups is 1. The number of primary sulfonamides is 1. The summed E-state index contributed by atoms with van der Waals surface area (Å²) in [6.45, 7) is 0.537. The van der Waals surface area contributed by atoms with Crippen LogP contribution in [0.5, 0.6) is 0 Å². The minimum atomic E-state index is -3.88. The third kappa shape index (κ3) is 7.12. The van der Waals surface area contributed by atoms with E-state index in [4.69, 9.17) is 22.0 Å². The number of nitrogens with one attached hydrogen (secondary N) is 3. The monoisotopic (exact) mass is 494 g/mol. The summed E-state index contributed by atoms with van der Waals surface area (Å²) < 4.78 is 23.8. The van der Waals surface area contributed by atoms with Crippen LogP contribution < -0.4 is 27.2 Å². The van der Waals surface area contributed by atoms with Crippen molar-refractivity contribution in [2.45, 2.75) is 30.2 Å². The van der Waals surface area contributed by atoms with E-state index in [0.717, 1.165) is 12.8 Å². The molecule has 1 atom stereocenters. The van der Waals surface area contributed by atoms with Gasteiger partial charge in [-0.25, -0.2) is 13.6 Å². The molecule has 3 aromatic rings. The Kier molecular flexibility index (Phi) is 8.58. The van der Waals surface area contributed by atoms with E-state index < -0.39 is 16.1 Å². The summed E-state index contributed by atoms with van der Waals surface area (Å²) in [5, 5.41) is 19.1. The first-order valence-corrected chi connectivity index (χ1v) is 12.7. The van der Waals surface area contributed by atoms with Crippen LogP contribution in [0.3, 0.4) is 0 Å². The largest absolute Gasteiger partial charge is 0.384 e. The molecule has 184 valence electrons. The van der Waals surface area contributed by atoms with Crippen molar-refractivity contribution in [3.63, 3.8) is 0 Å². The summed E-state index contributed by atoms with van der Waals surface area (Å²) in [5.41, 5.74) is 14.2. The summed E-state index contributed by atoms with van der Waals surface area (Å²) in [4.78, 5) is 13.1. The second-order valence-electron chi connectivity index (χ2n) is 8.08. The smallest absolute Gasteiger partial charge is 0.246 e. The topological polar surface area (TPSA) is 177 Å². The van der Waals surface area contributed by atoms with Crippen LogP contribution in [0.4, 0.5) is 11.4 Å². The molecule has 0 spiro atoms. The molecule has 10 heteroatoms. The molecular formula is C25H30N6O3S. The average Bonchev–Trinajstić information content (AvgIpc) is 2.83. The first-order chi connectivity index (χ1) is 16.7. The van der Waals surface area contributed by atoms with Gasteiger partial charge in [-0.05, 0) is 61.7 Å². The van der Waals surface area contributed by atoms with Gasteiger partial charge < -0.3 is 22.1 Å². The molecule has 3 aromatic carbocycles. The van der Waals surface area contributed by atoms with Gasteiger partial charge in [0.05, 0.1) is 4.90 Å². The molecule has 0 bridgehead atoms. The molecule has 1 unspecified atom stereocenters. The Labute approximate surface area is 205 Å². The lowest BCUT2D eigenvalue weighted by atomic mass is 10.0. The highest BCUT2D eigenvalue weighted by molar-refractivity contribution is 7.89. The molecule has 3 rings (SSSR count). The number of benzene rings is 3. The summed E-state index contributed by atoms with van der Waals surface area (Å²) in [6.07, 6.45) is 2.11. The van der Waals surface area contributed by atoms with Crippen molar-refractivity contribution < 1.29 is 13.2 Å². The standard InChI is InChI=1S/C25H30N6O3S/c26-15-4-3-9-22(30-20-7-5-6-18(16-20)24(27)28)25(32)31-19-13-11-17(12-14-19)21-8-1-2-10-23(21)35(29,33)34/h1-2,5-8,10-14,16,22,30H,3-4,9,15,26H2,(H3,27,28)(H,31,32)(H2,29,33,34). The molecule has 0 saturated carbocycles. The fourth-order valence-corrected chi connectivity index (χ4v) is 4.42. The molecule has 0 aliphatic heterocycles. The summed E-state index contributed by atoms with van der Waals surface area (Å²) in [6, 6.07) is 19.9. The Morgan fingerprint density at radius 1 is 0.943 bits per heavy atom. The van der Waals surface area contributed by atoms with E-state index in [1.165, 1.54) is 6.07 Å². The lowest BCUT2D eigenvalue weighted by Gasteiger charge is -2.20. The van der Waals surface area contributed by atoms with Crippen molar-refractivity contribution >= 4 is 33.1 Å². The van der Waals surface area contributed by atoms with E-state index in [-0.39, 0.29) is 16.6 Å². The number of hydrogen-bond acceptors (Lipinski definition) is 6. The summed E-state index contributed by atoms with van der Waals surface area (Å²) in [5.74, 6) is -0.283. The summed E-state index contributed by atoms with van der Waals surface area (Å²) in [7, 11) is -3.88. The third-order valence-electron chi connectivity index (χ3n) is 5.43. The number of sulfonamides is 1. The van der Waals surface area contributed by atoms with Crippen molar-refractivity contribution in [3.05, 3.63) is 78.4 Å². The molecule has 0 saturated heterocycles. The zero-order valence-corrected chi connectivity index (χ0v) is 20.0. The van der Waals surface area contributed by atoms with Crippen LogP contribution in [0.25, 0.3) is 11.1 Å². The predicted molar refractivity (Wildman–Crippen MR) is 140 cm³/mol. The Hall–Kier alpha value is -3.73. The van der Waals surface area contributed by atoms with E-state index in [2.05, 4.69) is 10.6 Å². The van der Waals surface area contributed by atoms with E-state index in [1.54, 1.807) is 60.7 Å². The van der Waals surface area contributed by atoms with Gasteiger partial charge in [0.25, 0.3) is 0 Å². The first-order valence-electron chi connectivity index (χ1n) is 11.1. The molecule has 0 aliphatic rings. The SMILES string of the molecule is N=C(N)c1cccc(NC(CCCCN)C(=O)Nc2ccc(-c3ccccc3S(N)(=O)=O)cc2)c1. The Balaban J connectivity index is 1.77. The lowest BCUT2D eigenvalue weighted by Crippen LogP contribution is -2.35. The van der Waals surface area contributed by atoms with Crippen LogP contribution in [0, 0.1) is 5.41 Å². The number of amidine groups is 1. The van der Waals surface area contributed by atoms with Crippen molar-refractivity contribution in [2.75, 3.05) is 17.2 Å². The van der Waals surface area contributed by atoms with Crippen LogP contribution in [-0.2, 0) is 14.8 Å². The van der Waals surface area contributed by atoms with E-state index in [0.29, 0.717) is 41.0 Å². The van der Waals surface area contributed by atoms with Crippen LogP contribution in [-0.4, -0.2) is 32.7 Å². The van der Waals surface area contributed by atoms with Crippen LogP contribution in [0.2, 0.25) is 0 Å². The number of unbranched alkanes of at least 4 members (excludes halogenated alkanes) is 1. The minimum Gasteiger partial charge on any atom is -0.384 e. The maximum absolute atomic E-state index is 13.1. The highest BCUT2D eigenvalue weighted by Gasteiger charge is 2.19. The van der Waals surface area contributed by atoms with Gasteiger partial charge in [-0.3, -0.25) is 10.2 Å². The zero-order valence-electron chi connectivity index (χ0n) is 19.2. The van der Waals surface area contributed by atoms with Crippen molar-refractivity contribution in [3.8, 4) is 11.1 Å². The van der Waals surface area contributed by atoms with E-state index in [1.807, 2.05) is 6.07 Å². The fraction of sp³-hybridized carbons (Fsp3) is 0.200. The predicted octanol–water partition coefficient (Wildman–Crippen LogP) is 2.83. The molecule has 35 heavy (non-hydrogen) atoms. The number of nitrogens with two attached hydrogens (primary N) is 3. The second kappa shape index (κ2) is 11.6. The maximum atomic E-state index is 13.1. The van der Waals surface area contributed by atoms with Gasteiger partial charge in [0.1, 0.15) is 11.9 Å². The number of anilines is 2. The number of nitrogen functional groups attached to an aromatic ring is 1. The van der Waals surface area contributed by atoms with Crippen molar-refractivity contribution in [1.29, 1.82) is 5.41 Å². The fourth-order valence-electron chi connectivity index (χ4n) is 3.66.